The van der Waals surface area contributed by atoms with Crippen molar-refractivity contribution in [3.63, 3.8) is 0 Å². The zero-order valence-corrected chi connectivity index (χ0v) is 14.0. The highest BCUT2D eigenvalue weighted by Crippen LogP contribution is 2.36. The molecule has 1 aromatic heterocycles. The summed E-state index contributed by atoms with van der Waals surface area (Å²) in [5.41, 5.74) is -1.54. The first-order valence-electron chi connectivity index (χ1n) is 7.48. The number of alkyl halides is 3. The fraction of sp³-hybridized carbons (Fsp3) is 0.312. The number of rotatable bonds is 5. The first-order valence-corrected chi connectivity index (χ1v) is 7.86. The van der Waals surface area contributed by atoms with Crippen molar-refractivity contribution in [2.45, 2.75) is 32.5 Å². The van der Waals surface area contributed by atoms with E-state index in [1.807, 2.05) is 6.92 Å². The molecule has 1 N–H and O–H groups in total. The van der Waals surface area contributed by atoms with Crippen LogP contribution in [-0.2, 0) is 12.7 Å². The van der Waals surface area contributed by atoms with Gasteiger partial charge in [0.2, 0.25) is 0 Å². The lowest BCUT2D eigenvalue weighted by Gasteiger charge is -2.12. The van der Waals surface area contributed by atoms with Crippen LogP contribution < -0.4 is 10.9 Å². The maximum Gasteiger partial charge on any atom is 0.417 e. The number of hydrogen-bond donors (Lipinski definition) is 1. The minimum Gasteiger partial charge on any atom is -0.321 e. The van der Waals surface area contributed by atoms with Crippen LogP contribution in [0.25, 0.3) is 0 Å². The van der Waals surface area contributed by atoms with E-state index in [4.69, 9.17) is 11.6 Å². The summed E-state index contributed by atoms with van der Waals surface area (Å²) < 4.78 is 39.7. The fourth-order valence-electron chi connectivity index (χ4n) is 2.05. The lowest BCUT2D eigenvalue weighted by atomic mass is 10.2. The predicted molar refractivity (Wildman–Crippen MR) is 87.8 cm³/mol. The zero-order valence-electron chi connectivity index (χ0n) is 13.2. The Bertz CT molecular complexity index is 834. The van der Waals surface area contributed by atoms with Gasteiger partial charge in [0, 0.05) is 18.3 Å². The van der Waals surface area contributed by atoms with E-state index in [0.29, 0.717) is 13.0 Å². The van der Waals surface area contributed by atoms with E-state index >= 15 is 0 Å². The van der Waals surface area contributed by atoms with Crippen molar-refractivity contribution in [1.82, 2.24) is 9.78 Å². The molecule has 0 aliphatic heterocycles. The molecule has 0 aliphatic rings. The first kappa shape index (κ1) is 19.0. The molecule has 0 aliphatic carbocycles. The molecule has 0 bridgehead atoms. The molecule has 1 heterocycles. The second-order valence-electron chi connectivity index (χ2n) is 5.28. The van der Waals surface area contributed by atoms with Gasteiger partial charge in [-0.2, -0.15) is 18.3 Å². The van der Waals surface area contributed by atoms with Crippen LogP contribution in [0.3, 0.4) is 0 Å². The average molecular weight is 374 g/mol. The maximum atomic E-state index is 12.9. The van der Waals surface area contributed by atoms with Crippen LogP contribution >= 0.6 is 11.6 Å². The molecular formula is C16H15ClF3N3O2. The average Bonchev–Trinajstić information content (AvgIpc) is 2.54. The van der Waals surface area contributed by atoms with Crippen LogP contribution in [0.4, 0.5) is 18.9 Å². The molecule has 5 nitrogen and oxygen atoms in total. The molecule has 0 fully saturated rings. The lowest BCUT2D eigenvalue weighted by molar-refractivity contribution is -0.137. The Morgan fingerprint density at radius 3 is 2.64 bits per heavy atom. The molecule has 0 saturated carbocycles. The van der Waals surface area contributed by atoms with Gasteiger partial charge in [-0.3, -0.25) is 9.59 Å². The summed E-state index contributed by atoms with van der Waals surface area (Å²) >= 11 is 5.54. The summed E-state index contributed by atoms with van der Waals surface area (Å²) in [5, 5.41) is 5.80. The van der Waals surface area contributed by atoms with Gasteiger partial charge in [-0.15, -0.1) is 0 Å². The van der Waals surface area contributed by atoms with E-state index in [1.54, 1.807) is 0 Å². The van der Waals surface area contributed by atoms with Crippen LogP contribution in [0.1, 0.15) is 35.8 Å². The molecule has 0 radical (unpaired) electrons. The van der Waals surface area contributed by atoms with Crippen molar-refractivity contribution in [2.24, 2.45) is 0 Å². The van der Waals surface area contributed by atoms with Gasteiger partial charge in [-0.05, 0) is 30.7 Å². The third-order valence-corrected chi connectivity index (χ3v) is 3.68. The molecule has 0 saturated heterocycles. The van der Waals surface area contributed by atoms with Gasteiger partial charge >= 0.3 is 6.18 Å². The van der Waals surface area contributed by atoms with Crippen molar-refractivity contribution in [2.75, 3.05) is 5.32 Å². The molecule has 134 valence electrons. The van der Waals surface area contributed by atoms with E-state index in [1.165, 1.54) is 18.2 Å². The van der Waals surface area contributed by atoms with Crippen molar-refractivity contribution in [3.05, 3.63) is 57.0 Å². The number of nitrogens with one attached hydrogen (secondary N) is 1. The number of unbranched alkanes of at least 4 members (excludes halogenated alkanes) is 1. The van der Waals surface area contributed by atoms with Gasteiger partial charge in [0.15, 0.2) is 0 Å². The summed E-state index contributed by atoms with van der Waals surface area (Å²) in [4.78, 5) is 23.9. The van der Waals surface area contributed by atoms with Gasteiger partial charge in [0.05, 0.1) is 10.6 Å². The minimum absolute atomic E-state index is 0.0702. The molecule has 0 unspecified atom stereocenters. The number of anilines is 1. The second-order valence-corrected chi connectivity index (χ2v) is 5.69. The SMILES string of the molecule is CCCCn1nc(C(=O)Nc2ccc(Cl)c(C(F)(F)F)c2)ccc1=O. The number of benzene rings is 1. The summed E-state index contributed by atoms with van der Waals surface area (Å²) in [5.74, 6) is -0.722. The van der Waals surface area contributed by atoms with E-state index in [-0.39, 0.29) is 16.9 Å². The summed E-state index contributed by atoms with van der Waals surface area (Å²) in [6.07, 6.45) is -3.08. The monoisotopic (exact) mass is 373 g/mol. The van der Waals surface area contributed by atoms with E-state index in [9.17, 15) is 22.8 Å². The highest BCUT2D eigenvalue weighted by atomic mass is 35.5. The Morgan fingerprint density at radius 2 is 2.00 bits per heavy atom. The fourth-order valence-corrected chi connectivity index (χ4v) is 2.28. The standard InChI is InChI=1S/C16H15ClF3N3O2/c1-2-3-8-23-14(24)7-6-13(22-23)15(25)21-10-4-5-12(17)11(9-10)16(18,19)20/h4-7,9H,2-3,8H2,1H3,(H,21,25). The highest BCUT2D eigenvalue weighted by Gasteiger charge is 2.33. The number of carbonyl (C=O) groups excluding carboxylic acids is 1. The van der Waals surface area contributed by atoms with Crippen LogP contribution in [-0.4, -0.2) is 15.7 Å². The largest absolute Gasteiger partial charge is 0.417 e. The maximum absolute atomic E-state index is 12.9. The summed E-state index contributed by atoms with van der Waals surface area (Å²) in [6, 6.07) is 5.47. The molecule has 25 heavy (non-hydrogen) atoms. The van der Waals surface area contributed by atoms with Gasteiger partial charge in [0.25, 0.3) is 11.5 Å². The van der Waals surface area contributed by atoms with E-state index in [2.05, 4.69) is 10.4 Å². The van der Waals surface area contributed by atoms with Gasteiger partial charge in [-0.25, -0.2) is 4.68 Å². The molecule has 9 heteroatoms. The van der Waals surface area contributed by atoms with Gasteiger partial charge < -0.3 is 5.32 Å². The highest BCUT2D eigenvalue weighted by molar-refractivity contribution is 6.31. The number of aromatic nitrogens is 2. The van der Waals surface area contributed by atoms with Crippen molar-refractivity contribution < 1.29 is 18.0 Å². The Morgan fingerprint density at radius 1 is 1.28 bits per heavy atom. The Balaban J connectivity index is 2.24. The molecule has 0 atom stereocenters. The second kappa shape index (κ2) is 7.69. The smallest absolute Gasteiger partial charge is 0.321 e. The molecule has 2 rings (SSSR count). The lowest BCUT2D eigenvalue weighted by Crippen LogP contribution is -2.26. The van der Waals surface area contributed by atoms with E-state index < -0.39 is 22.7 Å². The molecule has 1 amide bonds. The number of nitrogens with zero attached hydrogens (tertiary/aromatic N) is 2. The van der Waals surface area contributed by atoms with Crippen LogP contribution in [0, 0.1) is 0 Å². The normalized spacial score (nSPS) is 11.4. The van der Waals surface area contributed by atoms with Gasteiger partial charge in [0.1, 0.15) is 5.69 Å². The molecule has 2 aromatic rings. The van der Waals surface area contributed by atoms with Crippen LogP contribution in [0.2, 0.25) is 5.02 Å². The Labute approximate surface area is 146 Å². The summed E-state index contributed by atoms with van der Waals surface area (Å²) in [7, 11) is 0. The number of carbonyl (C=O) groups is 1. The quantitative estimate of drug-likeness (QED) is 0.862. The summed E-state index contributed by atoms with van der Waals surface area (Å²) in [6.45, 7) is 2.30. The van der Waals surface area contributed by atoms with Crippen molar-refractivity contribution in [3.8, 4) is 0 Å². The van der Waals surface area contributed by atoms with Crippen LogP contribution in [0.5, 0.6) is 0 Å². The first-order chi connectivity index (χ1) is 11.7. The van der Waals surface area contributed by atoms with Crippen LogP contribution in [0.15, 0.2) is 35.1 Å². The van der Waals surface area contributed by atoms with E-state index in [0.717, 1.165) is 23.2 Å². The number of aryl methyl sites for hydroxylation is 1. The zero-order chi connectivity index (χ0) is 18.6. The molecular weight excluding hydrogens is 359 g/mol. The van der Waals surface area contributed by atoms with Crippen molar-refractivity contribution >= 4 is 23.2 Å². The molecule has 0 spiro atoms. The number of amides is 1. The van der Waals surface area contributed by atoms with Gasteiger partial charge in [-0.1, -0.05) is 24.9 Å². The topological polar surface area (TPSA) is 64.0 Å². The minimum atomic E-state index is -4.64. The number of halogens is 4. The number of hydrogen-bond acceptors (Lipinski definition) is 3. The molecule has 1 aromatic carbocycles. The van der Waals surface area contributed by atoms with Crippen molar-refractivity contribution in [1.29, 1.82) is 0 Å². The Kier molecular flexibility index (Phi) is 5.84. The third-order valence-electron chi connectivity index (χ3n) is 3.35. The third kappa shape index (κ3) is 4.82. The predicted octanol–water partition coefficient (Wildman–Crippen LogP) is 3.97. The Hall–Kier alpha value is -2.35.